The number of para-hydroxylation sites is 4. The molecule has 2 aliphatic carbocycles. The number of allylic oxidation sites excluding steroid dienone is 5. The number of rotatable bonds is 4. The lowest BCUT2D eigenvalue weighted by atomic mass is 9.72. The van der Waals surface area contributed by atoms with Gasteiger partial charge in [0.2, 0.25) is 0 Å². The minimum Gasteiger partial charge on any atom is -0.313 e. The molecular weight excluding hydrogens is 609 g/mol. The Labute approximate surface area is 291 Å². The number of nitriles is 2. The van der Waals surface area contributed by atoms with Crippen molar-refractivity contribution in [1.29, 1.82) is 10.5 Å². The number of benzene rings is 5. The molecule has 2 aromatic heterocycles. The molecule has 0 saturated carbocycles. The Morgan fingerprint density at radius 1 is 0.660 bits per heavy atom. The maximum absolute atomic E-state index is 10.7. The highest BCUT2D eigenvalue weighted by Gasteiger charge is 2.33. The van der Waals surface area contributed by atoms with Gasteiger partial charge in [0, 0.05) is 44.9 Å². The molecular formula is C46H34N4. The van der Waals surface area contributed by atoms with Gasteiger partial charge in [0.25, 0.3) is 0 Å². The van der Waals surface area contributed by atoms with Gasteiger partial charge in [-0.1, -0.05) is 111 Å². The van der Waals surface area contributed by atoms with Crippen LogP contribution in [0.4, 0.5) is 0 Å². The fraction of sp³-hybridized carbons (Fsp3) is 0.130. The summed E-state index contributed by atoms with van der Waals surface area (Å²) >= 11 is 0. The topological polar surface area (TPSA) is 57.4 Å². The zero-order chi connectivity index (χ0) is 33.9. The predicted molar refractivity (Wildman–Crippen MR) is 204 cm³/mol. The van der Waals surface area contributed by atoms with Gasteiger partial charge in [0.15, 0.2) is 0 Å². The molecule has 7 aromatic rings. The molecule has 0 fully saturated rings. The molecule has 0 amide bonds. The van der Waals surface area contributed by atoms with E-state index in [9.17, 15) is 10.5 Å². The first kappa shape index (κ1) is 29.8. The van der Waals surface area contributed by atoms with Gasteiger partial charge >= 0.3 is 0 Å². The lowest BCUT2D eigenvalue weighted by Crippen LogP contribution is -2.18. The van der Waals surface area contributed by atoms with Crippen molar-refractivity contribution in [3.05, 3.63) is 167 Å². The van der Waals surface area contributed by atoms with Crippen LogP contribution >= 0.6 is 0 Å². The summed E-state index contributed by atoms with van der Waals surface area (Å²) in [7, 11) is 0. The first-order chi connectivity index (χ1) is 24.6. The van der Waals surface area contributed by atoms with Crippen molar-refractivity contribution < 1.29 is 0 Å². The molecule has 0 saturated heterocycles. The number of hydrogen-bond donors (Lipinski definition) is 0. The Morgan fingerprint density at radius 3 is 2.02 bits per heavy atom. The van der Waals surface area contributed by atoms with Crippen LogP contribution in [0.2, 0.25) is 0 Å². The third kappa shape index (κ3) is 4.36. The summed E-state index contributed by atoms with van der Waals surface area (Å²) in [5, 5.41) is 24.8. The molecule has 238 valence electrons. The zero-order valence-corrected chi connectivity index (χ0v) is 28.0. The molecule has 0 radical (unpaired) electrons. The molecule has 4 heteroatoms. The van der Waals surface area contributed by atoms with Crippen molar-refractivity contribution in [3.8, 4) is 23.5 Å². The van der Waals surface area contributed by atoms with Crippen LogP contribution in [0.1, 0.15) is 60.1 Å². The molecule has 0 aliphatic heterocycles. The molecule has 2 aliphatic rings. The SMILES string of the molecule is CC1CC=Cc2c1n(-c1cccc(C3=C(C#N)C=CC(C)C3c3cccc(C#N)c3-n3c4ccccc4c4ccccc43)c1)c1ccccc21. The van der Waals surface area contributed by atoms with Crippen molar-refractivity contribution in [2.75, 3.05) is 0 Å². The van der Waals surface area contributed by atoms with Crippen molar-refractivity contribution in [1.82, 2.24) is 9.13 Å². The van der Waals surface area contributed by atoms with Gasteiger partial charge in [-0.2, -0.15) is 10.5 Å². The molecule has 2 heterocycles. The fourth-order valence-corrected chi connectivity index (χ4v) is 8.60. The minimum absolute atomic E-state index is 0.0665. The van der Waals surface area contributed by atoms with Crippen molar-refractivity contribution in [2.45, 2.75) is 32.1 Å². The Balaban J connectivity index is 1.30. The third-order valence-electron chi connectivity index (χ3n) is 10.7. The predicted octanol–water partition coefficient (Wildman–Crippen LogP) is 11.4. The van der Waals surface area contributed by atoms with Crippen LogP contribution < -0.4 is 0 Å². The number of fused-ring (bicyclic) bond motifs is 6. The summed E-state index contributed by atoms with van der Waals surface area (Å²) in [6.07, 6.45) is 9.69. The summed E-state index contributed by atoms with van der Waals surface area (Å²) in [6.45, 7) is 4.53. The molecule has 3 unspecified atom stereocenters. The van der Waals surface area contributed by atoms with E-state index in [0.717, 1.165) is 56.3 Å². The molecule has 0 spiro atoms. The Morgan fingerprint density at radius 2 is 1.32 bits per heavy atom. The van der Waals surface area contributed by atoms with E-state index < -0.39 is 0 Å². The normalized spacial score (nSPS) is 18.4. The van der Waals surface area contributed by atoms with Gasteiger partial charge in [-0.3, -0.25) is 0 Å². The molecule has 4 nitrogen and oxygen atoms in total. The zero-order valence-electron chi connectivity index (χ0n) is 28.0. The van der Waals surface area contributed by atoms with E-state index in [1.54, 1.807) is 0 Å². The quantitative estimate of drug-likeness (QED) is 0.192. The Kier molecular flexibility index (Phi) is 6.94. The van der Waals surface area contributed by atoms with Gasteiger partial charge < -0.3 is 9.13 Å². The number of nitrogens with zero attached hydrogens (tertiary/aromatic N) is 4. The van der Waals surface area contributed by atoms with Crippen LogP contribution in [-0.4, -0.2) is 9.13 Å². The lowest BCUT2D eigenvalue weighted by molar-refractivity contribution is 0.644. The van der Waals surface area contributed by atoms with Crippen LogP contribution in [0.3, 0.4) is 0 Å². The number of hydrogen-bond acceptors (Lipinski definition) is 2. The largest absolute Gasteiger partial charge is 0.313 e. The maximum atomic E-state index is 10.7. The molecule has 3 atom stereocenters. The van der Waals surface area contributed by atoms with Gasteiger partial charge in [-0.15, -0.1) is 0 Å². The average Bonchev–Trinajstić information content (AvgIpc) is 3.68. The fourth-order valence-electron chi connectivity index (χ4n) is 8.60. The highest BCUT2D eigenvalue weighted by Crippen LogP contribution is 2.48. The monoisotopic (exact) mass is 642 g/mol. The van der Waals surface area contributed by atoms with E-state index in [-0.39, 0.29) is 11.8 Å². The van der Waals surface area contributed by atoms with E-state index in [2.05, 4.69) is 156 Å². The summed E-state index contributed by atoms with van der Waals surface area (Å²) in [6, 6.07) is 45.4. The lowest BCUT2D eigenvalue weighted by Gasteiger charge is -2.32. The van der Waals surface area contributed by atoms with E-state index in [1.165, 1.54) is 22.2 Å². The summed E-state index contributed by atoms with van der Waals surface area (Å²) < 4.78 is 4.68. The number of aromatic nitrogens is 2. The molecule has 5 aromatic carbocycles. The van der Waals surface area contributed by atoms with Crippen molar-refractivity contribution in [3.63, 3.8) is 0 Å². The van der Waals surface area contributed by atoms with Crippen molar-refractivity contribution in [2.24, 2.45) is 5.92 Å². The van der Waals surface area contributed by atoms with Crippen LogP contribution in [0.15, 0.2) is 139 Å². The summed E-state index contributed by atoms with van der Waals surface area (Å²) in [5.41, 5.74) is 12.1. The van der Waals surface area contributed by atoms with Gasteiger partial charge in [-0.05, 0) is 71.5 Å². The minimum atomic E-state index is -0.176. The standard InChI is InChI=1S/C46H34N4/c1-29-24-25-32(27-47)44(31-13-10-15-34(26-31)49-40-21-6-5-18-37(40)38-19-9-12-30(2)45(38)49)43(29)39-20-11-14-33(28-48)46(39)50-41-22-7-3-16-35(41)36-17-4-8-23-42(36)50/h3-11,13-26,29-30,43H,12H2,1-2H3. The molecule has 0 N–H and O–H groups in total. The van der Waals surface area contributed by atoms with Crippen LogP contribution in [-0.2, 0) is 0 Å². The smallest absolute Gasteiger partial charge is 0.101 e. The van der Waals surface area contributed by atoms with E-state index >= 15 is 0 Å². The maximum Gasteiger partial charge on any atom is 0.101 e. The summed E-state index contributed by atoms with van der Waals surface area (Å²) in [4.78, 5) is 0. The molecule has 50 heavy (non-hydrogen) atoms. The van der Waals surface area contributed by atoms with Crippen molar-refractivity contribution >= 4 is 44.4 Å². The second kappa shape index (κ2) is 11.7. The Hall–Kier alpha value is -6.36. The van der Waals surface area contributed by atoms with Crippen LogP contribution in [0.25, 0.3) is 55.7 Å². The average molecular weight is 643 g/mol. The second-order valence-electron chi connectivity index (χ2n) is 13.6. The second-order valence-corrected chi connectivity index (χ2v) is 13.6. The first-order valence-electron chi connectivity index (χ1n) is 17.3. The van der Waals surface area contributed by atoms with Crippen LogP contribution in [0, 0.1) is 28.6 Å². The van der Waals surface area contributed by atoms with E-state index in [1.807, 2.05) is 18.2 Å². The highest BCUT2D eigenvalue weighted by atomic mass is 15.0. The van der Waals surface area contributed by atoms with E-state index in [0.29, 0.717) is 17.1 Å². The van der Waals surface area contributed by atoms with Gasteiger partial charge in [-0.25, -0.2) is 0 Å². The van der Waals surface area contributed by atoms with Crippen LogP contribution in [0.5, 0.6) is 0 Å². The van der Waals surface area contributed by atoms with Gasteiger partial charge in [0.05, 0.1) is 39.4 Å². The summed E-state index contributed by atoms with van der Waals surface area (Å²) in [5.74, 6) is 0.259. The highest BCUT2D eigenvalue weighted by molar-refractivity contribution is 6.09. The third-order valence-corrected chi connectivity index (χ3v) is 10.7. The van der Waals surface area contributed by atoms with Gasteiger partial charge in [0.1, 0.15) is 6.07 Å². The van der Waals surface area contributed by atoms with E-state index in [4.69, 9.17) is 0 Å². The Bertz CT molecular complexity index is 2640. The molecule has 0 bridgehead atoms. The molecule has 9 rings (SSSR count). The first-order valence-corrected chi connectivity index (χ1v) is 17.3.